The summed E-state index contributed by atoms with van der Waals surface area (Å²) in [5.74, 6) is 0. The fourth-order valence-corrected chi connectivity index (χ4v) is 1.24. The molecule has 0 amide bonds. The average molecular weight is 219 g/mol. The molecule has 1 rings (SSSR count). The van der Waals surface area contributed by atoms with Gasteiger partial charge in [0.15, 0.2) is 0 Å². The number of nitrogens with zero attached hydrogens (tertiary/aromatic N) is 2. The number of nitrogens with two attached hydrogens (primary N) is 1. The maximum absolute atomic E-state index is 11.4. The van der Waals surface area contributed by atoms with Crippen molar-refractivity contribution >= 4 is 5.70 Å². The van der Waals surface area contributed by atoms with E-state index >= 15 is 0 Å². The van der Waals surface area contributed by atoms with Crippen LogP contribution < -0.4 is 11.3 Å². The Morgan fingerprint density at radius 1 is 1.44 bits per heavy atom. The van der Waals surface area contributed by atoms with E-state index < -0.39 is 0 Å². The minimum Gasteiger partial charge on any atom is -0.397 e. The van der Waals surface area contributed by atoms with Crippen LogP contribution in [0.1, 0.15) is 25.1 Å². The third-order valence-corrected chi connectivity index (χ3v) is 2.13. The Hall–Kier alpha value is -1.84. The minimum absolute atomic E-state index is 0.0984. The summed E-state index contributed by atoms with van der Waals surface area (Å²) in [4.78, 5) is 11.4. The largest absolute Gasteiger partial charge is 0.397 e. The maximum Gasteiger partial charge on any atom is 0.269 e. The van der Waals surface area contributed by atoms with E-state index in [1.54, 1.807) is 26.1 Å². The molecule has 0 spiro atoms. The summed E-state index contributed by atoms with van der Waals surface area (Å²) in [5.41, 5.74) is 8.75. The first kappa shape index (κ1) is 12.2. The van der Waals surface area contributed by atoms with E-state index in [4.69, 9.17) is 5.73 Å². The van der Waals surface area contributed by atoms with Gasteiger partial charge in [0.05, 0.1) is 5.70 Å². The van der Waals surface area contributed by atoms with E-state index in [0.29, 0.717) is 17.0 Å². The van der Waals surface area contributed by atoms with Gasteiger partial charge < -0.3 is 5.73 Å². The summed E-state index contributed by atoms with van der Waals surface area (Å²) >= 11 is 0. The third-order valence-electron chi connectivity index (χ3n) is 2.13. The fraction of sp³-hybridized carbons (Fsp3) is 0.333. The minimum atomic E-state index is -0.0984. The number of allylic oxidation sites excluding steroid dienone is 3. The number of aromatic nitrogens is 2. The molecule has 0 saturated carbocycles. The predicted octanol–water partition coefficient (Wildman–Crippen LogP) is 1.35. The van der Waals surface area contributed by atoms with Crippen LogP contribution in [0.3, 0.4) is 0 Å². The van der Waals surface area contributed by atoms with Crippen LogP contribution in [0.2, 0.25) is 0 Å². The summed E-state index contributed by atoms with van der Waals surface area (Å²) in [7, 11) is 1.62. The van der Waals surface area contributed by atoms with Crippen LogP contribution in [0.25, 0.3) is 5.70 Å². The molecule has 4 heteroatoms. The first-order valence-electron chi connectivity index (χ1n) is 5.08. The third kappa shape index (κ3) is 2.82. The normalized spacial score (nSPS) is 11.4. The molecule has 0 aliphatic carbocycles. The van der Waals surface area contributed by atoms with E-state index in [9.17, 15) is 4.79 Å². The zero-order valence-electron chi connectivity index (χ0n) is 10.1. The van der Waals surface area contributed by atoms with Gasteiger partial charge in [-0.15, -0.1) is 0 Å². The molecule has 0 unspecified atom stereocenters. The van der Waals surface area contributed by atoms with Crippen LogP contribution in [0.5, 0.6) is 0 Å². The summed E-state index contributed by atoms with van der Waals surface area (Å²) in [6.45, 7) is 5.73. The van der Waals surface area contributed by atoms with Gasteiger partial charge in [-0.25, -0.2) is 4.68 Å². The topological polar surface area (TPSA) is 60.9 Å². The molecular weight excluding hydrogens is 202 g/mol. The summed E-state index contributed by atoms with van der Waals surface area (Å²) in [6.07, 6.45) is 3.71. The smallest absolute Gasteiger partial charge is 0.269 e. The lowest BCUT2D eigenvalue weighted by molar-refractivity contribution is 0.693. The highest BCUT2D eigenvalue weighted by molar-refractivity contribution is 5.61. The highest BCUT2D eigenvalue weighted by Crippen LogP contribution is 2.05. The number of hydrogen-bond donors (Lipinski definition) is 1. The molecule has 86 valence electrons. The molecule has 0 aliphatic heterocycles. The molecule has 4 nitrogen and oxygen atoms in total. The van der Waals surface area contributed by atoms with Crippen LogP contribution in [-0.2, 0) is 7.05 Å². The van der Waals surface area contributed by atoms with Crippen molar-refractivity contribution in [2.24, 2.45) is 12.8 Å². The van der Waals surface area contributed by atoms with Crippen LogP contribution >= 0.6 is 0 Å². The number of aryl methyl sites for hydroxylation is 2. The fourth-order valence-electron chi connectivity index (χ4n) is 1.24. The quantitative estimate of drug-likeness (QED) is 0.764. The second-order valence-corrected chi connectivity index (χ2v) is 4.01. The van der Waals surface area contributed by atoms with Gasteiger partial charge in [-0.2, -0.15) is 5.10 Å². The Morgan fingerprint density at radius 3 is 2.56 bits per heavy atom. The van der Waals surface area contributed by atoms with Gasteiger partial charge in [0, 0.05) is 12.6 Å². The van der Waals surface area contributed by atoms with Gasteiger partial charge in [-0.1, -0.05) is 11.6 Å². The SMILES string of the molecule is CC(C)=C/C=C(\N)c1cc(C)c(=O)n(C)n1. The van der Waals surface area contributed by atoms with E-state index in [1.807, 2.05) is 19.9 Å². The van der Waals surface area contributed by atoms with Crippen LogP contribution in [0, 0.1) is 6.92 Å². The summed E-state index contributed by atoms with van der Waals surface area (Å²) < 4.78 is 1.30. The van der Waals surface area contributed by atoms with Crippen molar-refractivity contribution in [3.05, 3.63) is 45.4 Å². The zero-order valence-corrected chi connectivity index (χ0v) is 10.1. The van der Waals surface area contributed by atoms with Crippen LogP contribution in [0.15, 0.2) is 28.6 Å². The highest BCUT2D eigenvalue weighted by atomic mass is 16.1. The number of hydrogen-bond acceptors (Lipinski definition) is 3. The van der Waals surface area contributed by atoms with Gasteiger partial charge in [0.1, 0.15) is 5.69 Å². The van der Waals surface area contributed by atoms with Crippen molar-refractivity contribution in [3.63, 3.8) is 0 Å². The van der Waals surface area contributed by atoms with E-state index in [2.05, 4.69) is 5.10 Å². The van der Waals surface area contributed by atoms with Crippen molar-refractivity contribution in [3.8, 4) is 0 Å². The number of rotatable bonds is 2. The molecule has 0 bridgehead atoms. The lowest BCUT2D eigenvalue weighted by Gasteiger charge is -2.04. The summed E-state index contributed by atoms with van der Waals surface area (Å²) in [6, 6.07) is 1.70. The molecule has 1 aromatic rings. The van der Waals surface area contributed by atoms with Gasteiger partial charge in [0.25, 0.3) is 5.56 Å². The molecule has 0 aliphatic rings. The van der Waals surface area contributed by atoms with Gasteiger partial charge in [0.2, 0.25) is 0 Å². The predicted molar refractivity (Wildman–Crippen MR) is 65.8 cm³/mol. The Kier molecular flexibility index (Phi) is 3.66. The van der Waals surface area contributed by atoms with Crippen LogP contribution in [-0.4, -0.2) is 9.78 Å². The second kappa shape index (κ2) is 4.79. The molecule has 0 aromatic carbocycles. The van der Waals surface area contributed by atoms with Crippen molar-refractivity contribution in [2.75, 3.05) is 0 Å². The van der Waals surface area contributed by atoms with E-state index in [-0.39, 0.29) is 5.56 Å². The van der Waals surface area contributed by atoms with Gasteiger partial charge in [-0.05, 0) is 32.9 Å². The van der Waals surface area contributed by atoms with E-state index in [1.165, 1.54) is 4.68 Å². The molecule has 16 heavy (non-hydrogen) atoms. The molecule has 1 aromatic heterocycles. The van der Waals surface area contributed by atoms with Gasteiger partial charge in [-0.3, -0.25) is 4.79 Å². The molecule has 0 atom stereocenters. The summed E-state index contributed by atoms with van der Waals surface area (Å²) in [5, 5.41) is 4.09. The highest BCUT2D eigenvalue weighted by Gasteiger charge is 2.03. The first-order chi connectivity index (χ1) is 7.41. The van der Waals surface area contributed by atoms with Crippen molar-refractivity contribution < 1.29 is 0 Å². The van der Waals surface area contributed by atoms with Crippen molar-refractivity contribution in [1.29, 1.82) is 0 Å². The lowest BCUT2D eigenvalue weighted by atomic mass is 10.2. The van der Waals surface area contributed by atoms with Crippen LogP contribution in [0.4, 0.5) is 0 Å². The molecule has 0 saturated heterocycles. The van der Waals surface area contributed by atoms with E-state index in [0.717, 1.165) is 5.57 Å². The molecule has 0 radical (unpaired) electrons. The standard InChI is InChI=1S/C12H17N3O/c1-8(2)5-6-10(13)11-7-9(3)12(16)15(4)14-11/h5-7H,13H2,1-4H3/b10-6-. The molecule has 1 heterocycles. The Balaban J connectivity index is 3.20. The maximum atomic E-state index is 11.4. The van der Waals surface area contributed by atoms with Crippen molar-refractivity contribution in [1.82, 2.24) is 9.78 Å². The second-order valence-electron chi connectivity index (χ2n) is 4.01. The molecule has 0 fully saturated rings. The molecule has 2 N–H and O–H groups in total. The van der Waals surface area contributed by atoms with Crippen molar-refractivity contribution in [2.45, 2.75) is 20.8 Å². The van der Waals surface area contributed by atoms with Gasteiger partial charge >= 0.3 is 0 Å². The zero-order chi connectivity index (χ0) is 12.3. The Labute approximate surface area is 95.1 Å². The Morgan fingerprint density at radius 2 is 2.06 bits per heavy atom. The molecular formula is C12H17N3O. The lowest BCUT2D eigenvalue weighted by Crippen LogP contribution is -2.23. The Bertz CT molecular complexity index is 479. The monoisotopic (exact) mass is 219 g/mol. The first-order valence-corrected chi connectivity index (χ1v) is 5.08. The average Bonchev–Trinajstić information content (AvgIpc) is 2.21.